The van der Waals surface area contributed by atoms with Crippen LogP contribution in [0.1, 0.15) is 46.2 Å². The maximum absolute atomic E-state index is 12.6. The van der Waals surface area contributed by atoms with Gasteiger partial charge >= 0.3 is 0 Å². The van der Waals surface area contributed by atoms with E-state index in [0.717, 1.165) is 38.5 Å². The number of primary amides is 1. The Morgan fingerprint density at radius 3 is 2.86 bits per heavy atom. The first-order valence-corrected chi connectivity index (χ1v) is 11.5. The molecule has 10 heteroatoms. The van der Waals surface area contributed by atoms with E-state index in [9.17, 15) is 14.4 Å². The van der Waals surface area contributed by atoms with Crippen LogP contribution >= 0.6 is 38.6 Å². The Balaban J connectivity index is 1.49. The average molecular weight is 493 g/mol. The molecule has 0 saturated carbocycles. The van der Waals surface area contributed by atoms with E-state index < -0.39 is 11.5 Å². The van der Waals surface area contributed by atoms with Gasteiger partial charge in [-0.2, -0.15) is 0 Å². The molecule has 150 valence electrons. The molecule has 4 rings (SSSR count). The number of hydrogen-bond acceptors (Lipinski definition) is 6. The van der Waals surface area contributed by atoms with Crippen molar-refractivity contribution < 1.29 is 9.59 Å². The quantitative estimate of drug-likeness (QED) is 0.506. The largest absolute Gasteiger partial charge is 0.365 e. The number of amides is 2. The van der Waals surface area contributed by atoms with Crippen molar-refractivity contribution in [2.24, 2.45) is 5.73 Å². The summed E-state index contributed by atoms with van der Waals surface area (Å²) in [4.78, 5) is 44.4. The van der Waals surface area contributed by atoms with Crippen LogP contribution < -0.4 is 16.6 Å². The summed E-state index contributed by atoms with van der Waals surface area (Å²) >= 11 is 6.54. The van der Waals surface area contributed by atoms with Gasteiger partial charge in [-0.05, 0) is 52.9 Å². The Kier molecular flexibility index (Phi) is 5.66. The summed E-state index contributed by atoms with van der Waals surface area (Å²) in [6.45, 7) is 0. The molecule has 29 heavy (non-hydrogen) atoms. The van der Waals surface area contributed by atoms with Gasteiger partial charge in [-0.3, -0.25) is 14.4 Å². The minimum absolute atomic E-state index is 0.0869. The van der Waals surface area contributed by atoms with E-state index in [-0.39, 0.29) is 23.9 Å². The molecule has 1 aliphatic rings. The van der Waals surface area contributed by atoms with Crippen molar-refractivity contribution >= 4 is 50.4 Å². The number of aromatic nitrogens is 2. The predicted molar refractivity (Wildman–Crippen MR) is 116 cm³/mol. The van der Waals surface area contributed by atoms with E-state index in [1.165, 1.54) is 17.4 Å². The number of nitrogens with one attached hydrogen (secondary N) is 2. The minimum atomic E-state index is -0.778. The fourth-order valence-corrected chi connectivity index (χ4v) is 5.74. The van der Waals surface area contributed by atoms with Crippen LogP contribution in [0.4, 0.5) is 0 Å². The fraction of sp³-hybridized carbons (Fsp3) is 0.263. The van der Waals surface area contributed by atoms with E-state index >= 15 is 0 Å². The first-order valence-electron chi connectivity index (χ1n) is 8.95. The molecular weight excluding hydrogens is 476 g/mol. The number of aryl methyl sites for hydroxylation is 1. The molecule has 0 bridgehead atoms. The van der Waals surface area contributed by atoms with Crippen molar-refractivity contribution in [2.45, 2.75) is 31.7 Å². The van der Waals surface area contributed by atoms with Gasteiger partial charge in [-0.25, -0.2) is 4.98 Å². The Labute approximate surface area is 182 Å². The van der Waals surface area contributed by atoms with Crippen molar-refractivity contribution in [3.05, 3.63) is 60.2 Å². The zero-order valence-corrected chi connectivity index (χ0v) is 18.4. The Morgan fingerprint density at radius 1 is 1.31 bits per heavy atom. The number of H-pyrrole nitrogens is 1. The van der Waals surface area contributed by atoms with Gasteiger partial charge in [-0.1, -0.05) is 0 Å². The third-order valence-electron chi connectivity index (χ3n) is 4.72. The van der Waals surface area contributed by atoms with E-state index in [0.29, 0.717) is 12.1 Å². The summed E-state index contributed by atoms with van der Waals surface area (Å²) < 4.78 is 1.01. The number of nitrogens with zero attached hydrogens (tertiary/aromatic N) is 1. The number of pyridine rings is 1. The second-order valence-electron chi connectivity index (χ2n) is 6.77. The topological polar surface area (TPSA) is 118 Å². The monoisotopic (exact) mass is 492 g/mol. The Morgan fingerprint density at radius 2 is 2.14 bits per heavy atom. The van der Waals surface area contributed by atoms with E-state index in [2.05, 4.69) is 31.2 Å². The van der Waals surface area contributed by atoms with Crippen molar-refractivity contribution in [3.63, 3.8) is 0 Å². The van der Waals surface area contributed by atoms with Gasteiger partial charge in [0.05, 0.1) is 23.0 Å². The molecule has 0 fully saturated rings. The highest BCUT2D eigenvalue weighted by Gasteiger charge is 2.25. The number of carbonyl (C=O) groups is 2. The first-order chi connectivity index (χ1) is 13.9. The maximum atomic E-state index is 12.6. The molecule has 0 spiro atoms. The van der Waals surface area contributed by atoms with Gasteiger partial charge in [0.15, 0.2) is 0 Å². The van der Waals surface area contributed by atoms with Crippen LogP contribution in [-0.2, 0) is 17.6 Å². The van der Waals surface area contributed by atoms with E-state index in [1.807, 2.05) is 16.8 Å². The number of hydrogen-bond donors (Lipinski definition) is 3. The summed E-state index contributed by atoms with van der Waals surface area (Å²) in [5, 5.41) is 7.78. The second kappa shape index (κ2) is 8.21. The van der Waals surface area contributed by atoms with Crippen LogP contribution in [0.3, 0.4) is 0 Å². The lowest BCUT2D eigenvalue weighted by atomic mass is 9.90. The lowest BCUT2D eigenvalue weighted by molar-refractivity contribution is -0.121. The number of carbonyl (C=O) groups excluding carboxylic acids is 2. The van der Waals surface area contributed by atoms with Gasteiger partial charge in [-0.15, -0.1) is 22.7 Å². The van der Waals surface area contributed by atoms with Crippen LogP contribution in [0.5, 0.6) is 0 Å². The standard InChI is InChI=1S/C19H17BrN4O3S2/c20-9-4-15(28-7-9)19-22-10(8-29-19)5-16(25)23-13-2-1-3-14-11(13)6-12(17(21)26)18(27)24-14/h4,6-8,13H,1-3,5H2,(H2,21,26)(H,23,25)(H,24,27). The normalized spacial score (nSPS) is 15.7. The van der Waals surface area contributed by atoms with Crippen molar-refractivity contribution in [3.8, 4) is 9.88 Å². The number of nitrogens with two attached hydrogens (primary N) is 1. The molecular formula is C19H17BrN4O3S2. The maximum Gasteiger partial charge on any atom is 0.261 e. The average Bonchev–Trinajstić information content (AvgIpc) is 3.30. The minimum Gasteiger partial charge on any atom is -0.365 e. The number of rotatable bonds is 5. The molecule has 3 heterocycles. The van der Waals surface area contributed by atoms with E-state index in [1.54, 1.807) is 11.3 Å². The molecule has 1 atom stereocenters. The zero-order chi connectivity index (χ0) is 20.5. The van der Waals surface area contributed by atoms with Crippen molar-refractivity contribution in [1.82, 2.24) is 15.3 Å². The lowest BCUT2D eigenvalue weighted by Gasteiger charge is -2.26. The smallest absolute Gasteiger partial charge is 0.261 e. The Hall–Kier alpha value is -2.30. The highest BCUT2D eigenvalue weighted by Crippen LogP contribution is 2.32. The van der Waals surface area contributed by atoms with E-state index in [4.69, 9.17) is 5.73 Å². The molecule has 1 aliphatic carbocycles. The van der Waals surface area contributed by atoms with Crippen LogP contribution in [0.2, 0.25) is 0 Å². The van der Waals surface area contributed by atoms with Gasteiger partial charge < -0.3 is 16.0 Å². The summed E-state index contributed by atoms with van der Waals surface area (Å²) in [5.74, 6) is -0.932. The molecule has 7 nitrogen and oxygen atoms in total. The van der Waals surface area contributed by atoms with Crippen molar-refractivity contribution in [1.29, 1.82) is 0 Å². The second-order valence-corrected chi connectivity index (χ2v) is 9.46. The van der Waals surface area contributed by atoms with Gasteiger partial charge in [0.2, 0.25) is 5.91 Å². The van der Waals surface area contributed by atoms with Crippen LogP contribution in [0.25, 0.3) is 9.88 Å². The molecule has 0 radical (unpaired) electrons. The summed E-state index contributed by atoms with van der Waals surface area (Å²) in [5.41, 5.74) is 6.93. The third-order valence-corrected chi connectivity index (χ3v) is 7.48. The van der Waals surface area contributed by atoms with Gasteiger partial charge in [0, 0.05) is 20.9 Å². The van der Waals surface area contributed by atoms with Gasteiger partial charge in [0.25, 0.3) is 11.5 Å². The van der Waals surface area contributed by atoms with Crippen molar-refractivity contribution in [2.75, 3.05) is 0 Å². The molecule has 3 aromatic rings. The number of fused-ring (bicyclic) bond motifs is 1. The highest BCUT2D eigenvalue weighted by atomic mass is 79.9. The van der Waals surface area contributed by atoms with Crippen LogP contribution in [-0.4, -0.2) is 21.8 Å². The molecule has 1 unspecified atom stereocenters. The number of halogens is 1. The molecule has 2 amide bonds. The lowest BCUT2D eigenvalue weighted by Crippen LogP contribution is -2.34. The van der Waals surface area contributed by atoms with Gasteiger partial charge in [0.1, 0.15) is 10.6 Å². The molecule has 4 N–H and O–H groups in total. The molecule has 0 saturated heterocycles. The number of thiazole rings is 1. The molecule has 0 aromatic carbocycles. The zero-order valence-electron chi connectivity index (χ0n) is 15.2. The number of aromatic amines is 1. The summed E-state index contributed by atoms with van der Waals surface area (Å²) in [6, 6.07) is 3.24. The fourth-order valence-electron chi connectivity index (χ4n) is 3.41. The SMILES string of the molecule is NC(=O)c1cc2c([nH]c1=O)CCCC2NC(=O)Cc1csc(-c2cc(Br)cs2)n1. The summed E-state index contributed by atoms with van der Waals surface area (Å²) in [6.07, 6.45) is 2.43. The van der Waals surface area contributed by atoms with Crippen LogP contribution in [0, 0.1) is 0 Å². The summed E-state index contributed by atoms with van der Waals surface area (Å²) in [7, 11) is 0. The first kappa shape index (κ1) is 20.0. The Bertz CT molecular complexity index is 1150. The molecule has 3 aromatic heterocycles. The third kappa shape index (κ3) is 4.34. The predicted octanol–water partition coefficient (Wildman–Crippen LogP) is 3.16. The highest BCUT2D eigenvalue weighted by molar-refractivity contribution is 9.10. The number of thiophene rings is 1. The van der Waals surface area contributed by atoms with Crippen LogP contribution in [0.15, 0.2) is 32.2 Å². The molecule has 0 aliphatic heterocycles.